The Kier molecular flexibility index (Phi) is 10.6. The molecule has 0 aromatic carbocycles. The van der Waals surface area contributed by atoms with E-state index in [4.69, 9.17) is 4.74 Å². The minimum absolute atomic E-state index is 0.322. The first-order chi connectivity index (χ1) is 11.3. The van der Waals surface area contributed by atoms with Crippen LogP contribution in [0.1, 0.15) is 41.0 Å². The molecule has 0 aromatic rings. The molecule has 130 valence electrons. The third-order valence-corrected chi connectivity index (χ3v) is 2.73. The number of ether oxygens (including phenoxy) is 2. The van der Waals surface area contributed by atoms with E-state index >= 15 is 0 Å². The van der Waals surface area contributed by atoms with Gasteiger partial charge in [0.1, 0.15) is 12.4 Å². The van der Waals surface area contributed by atoms with Gasteiger partial charge in [0.05, 0.1) is 12.2 Å². The highest BCUT2D eigenvalue weighted by molar-refractivity contribution is 5.68. The van der Waals surface area contributed by atoms with Crippen LogP contribution in [0.25, 0.3) is 0 Å². The Hall–Kier alpha value is -2.61. The first-order valence-electron chi connectivity index (χ1n) is 7.54. The molecule has 1 unspecified atom stereocenters. The lowest BCUT2D eigenvalue weighted by Gasteiger charge is -2.19. The van der Waals surface area contributed by atoms with E-state index in [9.17, 15) is 14.4 Å². The van der Waals surface area contributed by atoms with Crippen LogP contribution in [0.15, 0.2) is 35.6 Å². The van der Waals surface area contributed by atoms with Crippen LogP contribution in [-0.4, -0.2) is 24.3 Å². The van der Waals surface area contributed by atoms with E-state index in [1.165, 1.54) is 19.9 Å². The summed E-state index contributed by atoms with van der Waals surface area (Å²) in [5.41, 5.74) is 1.91. The number of esters is 2. The van der Waals surface area contributed by atoms with Crippen molar-refractivity contribution in [3.63, 3.8) is 0 Å². The summed E-state index contributed by atoms with van der Waals surface area (Å²) in [6.07, 6.45) is 6.40. The van der Waals surface area contributed by atoms with E-state index in [1.807, 2.05) is 20.8 Å². The first-order valence-corrected chi connectivity index (χ1v) is 7.54. The monoisotopic (exact) mass is 332 g/mol. The Morgan fingerprint density at radius 1 is 1.08 bits per heavy atom. The Balaban J connectivity index is 5.09. The number of hydrogen-bond acceptors (Lipinski definition) is 5. The lowest BCUT2D eigenvalue weighted by atomic mass is 10.00. The summed E-state index contributed by atoms with van der Waals surface area (Å²) in [5, 5.41) is 0. The molecule has 0 radical (unpaired) electrons. The van der Waals surface area contributed by atoms with E-state index in [-0.39, 0.29) is 0 Å². The van der Waals surface area contributed by atoms with Crippen LogP contribution in [0.4, 0.5) is 0 Å². The maximum atomic E-state index is 11.3. The van der Waals surface area contributed by atoms with Crippen molar-refractivity contribution in [3.8, 4) is 11.8 Å². The Morgan fingerprint density at radius 2 is 1.75 bits per heavy atom. The van der Waals surface area contributed by atoms with Crippen LogP contribution in [0.3, 0.4) is 0 Å². The molecule has 0 N–H and O–H groups in total. The molecule has 5 nitrogen and oxygen atoms in total. The van der Waals surface area contributed by atoms with Crippen molar-refractivity contribution in [1.82, 2.24) is 0 Å². The maximum Gasteiger partial charge on any atom is 0.307 e. The highest BCUT2D eigenvalue weighted by atomic mass is 16.5. The summed E-state index contributed by atoms with van der Waals surface area (Å²) in [4.78, 5) is 33.2. The predicted molar refractivity (Wildman–Crippen MR) is 91.6 cm³/mol. The van der Waals surface area contributed by atoms with Crippen LogP contribution in [-0.2, 0) is 23.9 Å². The molecule has 0 rings (SSSR count). The lowest BCUT2D eigenvalue weighted by Crippen LogP contribution is -2.25. The molecule has 0 aliphatic carbocycles. The van der Waals surface area contributed by atoms with Gasteiger partial charge in [-0.05, 0) is 38.5 Å². The summed E-state index contributed by atoms with van der Waals surface area (Å²) in [6, 6.07) is 0. The fraction of sp³-hybridized carbons (Fsp3) is 0.421. The molecule has 0 saturated carbocycles. The minimum atomic E-state index is -0.719. The van der Waals surface area contributed by atoms with Crippen molar-refractivity contribution >= 4 is 18.2 Å². The van der Waals surface area contributed by atoms with Gasteiger partial charge in [0.2, 0.25) is 0 Å². The van der Waals surface area contributed by atoms with E-state index in [0.717, 1.165) is 17.4 Å². The molecule has 0 bridgehead atoms. The van der Waals surface area contributed by atoms with Crippen molar-refractivity contribution in [1.29, 1.82) is 0 Å². The maximum absolute atomic E-state index is 11.3. The van der Waals surface area contributed by atoms with Gasteiger partial charge in [0.25, 0.3) is 0 Å². The molecular formula is C19H24O5. The number of carbonyl (C=O) groups excluding carboxylic acids is 3. The van der Waals surface area contributed by atoms with Gasteiger partial charge in [0.15, 0.2) is 0 Å². The molecule has 0 aliphatic heterocycles. The van der Waals surface area contributed by atoms with Crippen LogP contribution in [0.5, 0.6) is 0 Å². The van der Waals surface area contributed by atoms with Crippen LogP contribution in [0, 0.1) is 17.8 Å². The zero-order valence-corrected chi connectivity index (χ0v) is 14.8. The largest absolute Gasteiger partial charge is 0.461 e. The van der Waals surface area contributed by atoms with Crippen LogP contribution >= 0.6 is 0 Å². The highest BCUT2D eigenvalue weighted by Crippen LogP contribution is 2.14. The number of rotatable bonds is 7. The zero-order chi connectivity index (χ0) is 18.5. The number of aldehydes is 1. The highest BCUT2D eigenvalue weighted by Gasteiger charge is 2.21. The predicted octanol–water partition coefficient (Wildman–Crippen LogP) is 3.12. The average Bonchev–Trinajstić information content (AvgIpc) is 2.47. The van der Waals surface area contributed by atoms with Gasteiger partial charge >= 0.3 is 11.9 Å². The second kappa shape index (κ2) is 11.9. The summed E-state index contributed by atoms with van der Waals surface area (Å²) < 4.78 is 9.85. The van der Waals surface area contributed by atoms with Gasteiger partial charge in [-0.3, -0.25) is 9.59 Å². The molecule has 0 heterocycles. The molecule has 0 saturated heterocycles. The second-order valence-electron chi connectivity index (χ2n) is 5.41. The topological polar surface area (TPSA) is 69.7 Å². The minimum Gasteiger partial charge on any atom is -0.461 e. The first kappa shape index (κ1) is 21.4. The third kappa shape index (κ3) is 11.0. The van der Waals surface area contributed by atoms with Crippen molar-refractivity contribution in [3.05, 3.63) is 35.6 Å². The van der Waals surface area contributed by atoms with Gasteiger partial charge < -0.3 is 14.3 Å². The molecule has 0 aromatic heterocycles. The van der Waals surface area contributed by atoms with E-state index in [1.54, 1.807) is 12.2 Å². The Bertz CT molecular complexity index is 595. The standard InChI is InChI=1S/C19H24O5/c1-14(2)7-6-8-15(3)9-10-19(24-17(5)22)18(13-20)11-12-23-16(4)21/h7,9,11-13,18-19H,10H2,1-5H3/b12-11+,15-9+/t18?,19-/m0/s1. The molecule has 2 atom stereocenters. The number of allylic oxidation sites excluding steroid dienone is 3. The van der Waals surface area contributed by atoms with Crippen molar-refractivity contribution in [2.24, 2.45) is 5.92 Å². The molecule has 24 heavy (non-hydrogen) atoms. The molecule has 5 heteroatoms. The fourth-order valence-electron chi connectivity index (χ4n) is 1.62. The fourth-order valence-corrected chi connectivity index (χ4v) is 1.62. The van der Waals surface area contributed by atoms with Crippen molar-refractivity contribution in [2.75, 3.05) is 0 Å². The summed E-state index contributed by atoms with van der Waals surface area (Å²) in [5.74, 6) is 4.16. The van der Waals surface area contributed by atoms with Gasteiger partial charge in [-0.15, -0.1) is 0 Å². The van der Waals surface area contributed by atoms with E-state index in [2.05, 4.69) is 16.6 Å². The van der Waals surface area contributed by atoms with Crippen molar-refractivity contribution < 1.29 is 23.9 Å². The quantitative estimate of drug-likeness (QED) is 0.310. The third-order valence-electron chi connectivity index (χ3n) is 2.73. The zero-order valence-electron chi connectivity index (χ0n) is 14.8. The van der Waals surface area contributed by atoms with Gasteiger partial charge in [-0.1, -0.05) is 23.5 Å². The normalized spacial score (nSPS) is 13.3. The van der Waals surface area contributed by atoms with Crippen LogP contribution in [0.2, 0.25) is 0 Å². The molecule has 0 spiro atoms. The molecule has 0 aliphatic rings. The van der Waals surface area contributed by atoms with Gasteiger partial charge in [0, 0.05) is 20.3 Å². The van der Waals surface area contributed by atoms with Gasteiger partial charge in [-0.25, -0.2) is 0 Å². The molecule has 0 amide bonds. The molecular weight excluding hydrogens is 308 g/mol. The lowest BCUT2D eigenvalue weighted by molar-refractivity contribution is -0.148. The Labute approximate surface area is 143 Å². The summed E-state index contributed by atoms with van der Waals surface area (Å²) in [6.45, 7) is 8.27. The number of carbonyl (C=O) groups is 3. The smallest absolute Gasteiger partial charge is 0.307 e. The Morgan fingerprint density at radius 3 is 2.25 bits per heavy atom. The average molecular weight is 332 g/mol. The molecule has 0 fully saturated rings. The van der Waals surface area contributed by atoms with Crippen molar-refractivity contribution in [2.45, 2.75) is 47.1 Å². The van der Waals surface area contributed by atoms with E-state index in [0.29, 0.717) is 12.7 Å². The van der Waals surface area contributed by atoms with Crippen LogP contribution < -0.4 is 0 Å². The second-order valence-corrected chi connectivity index (χ2v) is 5.41. The summed E-state index contributed by atoms with van der Waals surface area (Å²) >= 11 is 0. The summed E-state index contributed by atoms with van der Waals surface area (Å²) in [7, 11) is 0. The SMILES string of the molecule is CC(=O)O/C=C/C(C=O)[C@H](C/C=C(\C)C#CC=C(C)C)OC(C)=O. The van der Waals surface area contributed by atoms with E-state index < -0.39 is 24.0 Å². The van der Waals surface area contributed by atoms with Gasteiger partial charge in [-0.2, -0.15) is 0 Å². The number of hydrogen-bond donors (Lipinski definition) is 0.